The van der Waals surface area contributed by atoms with Gasteiger partial charge in [0.1, 0.15) is 5.00 Å². The molecule has 5 rings (SSSR count). The van der Waals surface area contributed by atoms with Gasteiger partial charge in [-0.1, -0.05) is 24.3 Å². The molecule has 3 heterocycles. The number of anilines is 1. The van der Waals surface area contributed by atoms with Crippen molar-refractivity contribution in [2.45, 2.75) is 6.92 Å². The molecule has 11 heteroatoms. The molecule has 2 aliphatic rings. The summed E-state index contributed by atoms with van der Waals surface area (Å²) in [5.41, 5.74) is 4.15. The summed E-state index contributed by atoms with van der Waals surface area (Å²) in [6, 6.07) is 13.1. The zero-order chi connectivity index (χ0) is 21.7. The second-order valence-corrected chi connectivity index (χ2v) is 7.73. The number of nitrogens with one attached hydrogen (secondary N) is 2. The molecule has 0 radical (unpaired) electrons. The predicted octanol–water partition coefficient (Wildman–Crippen LogP) is 2.10. The van der Waals surface area contributed by atoms with Crippen molar-refractivity contribution >= 4 is 40.2 Å². The van der Waals surface area contributed by atoms with Gasteiger partial charge in [0.2, 0.25) is 0 Å². The van der Waals surface area contributed by atoms with E-state index in [9.17, 15) is 19.2 Å². The second kappa shape index (κ2) is 6.99. The van der Waals surface area contributed by atoms with Crippen molar-refractivity contribution in [3.05, 3.63) is 77.0 Å². The molecule has 0 saturated heterocycles. The van der Waals surface area contributed by atoms with Crippen molar-refractivity contribution < 1.29 is 19.2 Å². The van der Waals surface area contributed by atoms with Gasteiger partial charge in [-0.25, -0.2) is 4.90 Å². The summed E-state index contributed by atoms with van der Waals surface area (Å²) in [6.07, 6.45) is 1.38. The first-order chi connectivity index (χ1) is 15.0. The number of hydrogen-bond acceptors (Lipinski definition) is 6. The van der Waals surface area contributed by atoms with Gasteiger partial charge < -0.3 is 5.43 Å². The number of H-pyrrole nitrogens is 1. The minimum absolute atomic E-state index is 0.224. The lowest BCUT2D eigenvalue weighted by Crippen LogP contribution is -2.43. The third-order valence-corrected chi connectivity index (χ3v) is 5.78. The molecule has 2 aliphatic heterocycles. The van der Waals surface area contributed by atoms with Crippen LogP contribution in [-0.2, 0) is 0 Å². The standard InChI is InChI=1S/C20H16N6O4S/c1-2-21-26-22-23(25-19(29)14-9-5-6-10-15(14)20(25)30)11-16(31-26)24-17(27)12-7-3-4-8-13(12)18(24)28/h3-11,21-22H,2H2,1H3. The quantitative estimate of drug-likeness (QED) is 0.609. The van der Waals surface area contributed by atoms with Gasteiger partial charge in [-0.2, -0.15) is 15.0 Å². The molecule has 0 atom stereocenters. The Kier molecular flexibility index (Phi) is 4.26. The highest BCUT2D eigenvalue weighted by molar-refractivity contribution is 7.11. The highest BCUT2D eigenvalue weighted by atomic mass is 32.1. The Balaban J connectivity index is 1.62. The largest absolute Gasteiger partial charge is 0.301 e. The number of benzene rings is 2. The van der Waals surface area contributed by atoms with E-state index in [4.69, 9.17) is 0 Å². The molecule has 1 aromatic heterocycles. The summed E-state index contributed by atoms with van der Waals surface area (Å²) in [5, 5.41) is 4.02. The summed E-state index contributed by atoms with van der Waals surface area (Å²) < 4.78 is 1.42. The zero-order valence-corrected chi connectivity index (χ0v) is 17.0. The van der Waals surface area contributed by atoms with Gasteiger partial charge in [-0.3, -0.25) is 19.2 Å². The number of aromatic amines is 1. The summed E-state index contributed by atoms with van der Waals surface area (Å²) in [7, 11) is 0. The van der Waals surface area contributed by atoms with Crippen molar-refractivity contribution in [1.29, 1.82) is 0 Å². The Morgan fingerprint density at radius 3 is 1.77 bits per heavy atom. The Bertz CT molecular complexity index is 1150. The average Bonchev–Trinajstić information content (AvgIpc) is 3.19. The smallest absolute Gasteiger partial charge is 0.282 e. The lowest BCUT2D eigenvalue weighted by atomic mass is 10.1. The molecular weight excluding hydrogens is 420 g/mol. The topological polar surface area (TPSA) is 112 Å². The first kappa shape index (κ1) is 18.9. The minimum Gasteiger partial charge on any atom is -0.301 e. The molecule has 0 unspecified atom stereocenters. The highest BCUT2D eigenvalue weighted by Crippen LogP contribution is 2.30. The van der Waals surface area contributed by atoms with Crippen LogP contribution in [0.5, 0.6) is 0 Å². The number of rotatable bonds is 4. The molecule has 0 fully saturated rings. The minimum atomic E-state index is -0.519. The zero-order valence-electron chi connectivity index (χ0n) is 16.2. The van der Waals surface area contributed by atoms with E-state index < -0.39 is 23.6 Å². The highest BCUT2D eigenvalue weighted by Gasteiger charge is 2.40. The molecule has 10 nitrogen and oxygen atoms in total. The Hall–Kier alpha value is -4.12. The molecule has 0 bridgehead atoms. The van der Waals surface area contributed by atoms with Crippen LogP contribution in [-0.4, -0.2) is 44.4 Å². The lowest BCUT2D eigenvalue weighted by Gasteiger charge is -2.23. The average molecular weight is 436 g/mol. The maximum Gasteiger partial charge on any atom is 0.282 e. The Morgan fingerprint density at radius 2 is 1.29 bits per heavy atom. The molecule has 156 valence electrons. The SMILES string of the molecule is CCNn1[nH]n(N2C(=O)c3ccccc3C2=O)cc(N2C(=O)c3ccccc3C2=O)s1. The van der Waals surface area contributed by atoms with Crippen LogP contribution < -0.4 is 15.3 Å². The predicted molar refractivity (Wildman–Crippen MR) is 113 cm³/mol. The first-order valence-corrected chi connectivity index (χ1v) is 10.2. The van der Waals surface area contributed by atoms with E-state index in [1.54, 1.807) is 48.5 Å². The van der Waals surface area contributed by atoms with E-state index >= 15 is 0 Å². The van der Waals surface area contributed by atoms with Gasteiger partial charge >= 0.3 is 0 Å². The molecule has 0 saturated carbocycles. The van der Waals surface area contributed by atoms with Gasteiger partial charge in [0, 0.05) is 18.1 Å². The number of fused-ring (bicyclic) bond motifs is 2. The number of imide groups is 2. The number of amides is 4. The molecule has 2 aromatic carbocycles. The first-order valence-electron chi connectivity index (χ1n) is 9.45. The van der Waals surface area contributed by atoms with Crippen molar-refractivity contribution in [3.8, 4) is 0 Å². The van der Waals surface area contributed by atoms with Crippen molar-refractivity contribution in [2.75, 3.05) is 21.9 Å². The van der Waals surface area contributed by atoms with Gasteiger partial charge in [0.05, 0.1) is 28.5 Å². The fourth-order valence-corrected chi connectivity index (χ4v) is 4.44. The molecule has 0 aliphatic carbocycles. The molecule has 0 spiro atoms. The van der Waals surface area contributed by atoms with Gasteiger partial charge in [0.15, 0.2) is 0 Å². The van der Waals surface area contributed by atoms with E-state index in [2.05, 4.69) is 10.6 Å². The molecular formula is C20H16N6O4S. The van der Waals surface area contributed by atoms with Crippen LogP contribution in [0.2, 0.25) is 0 Å². The number of aromatic nitrogens is 3. The van der Waals surface area contributed by atoms with Crippen LogP contribution in [0.15, 0.2) is 54.7 Å². The number of carbonyl (C=O) groups excluding carboxylic acids is 4. The van der Waals surface area contributed by atoms with Gasteiger partial charge in [0.25, 0.3) is 23.6 Å². The summed E-state index contributed by atoms with van der Waals surface area (Å²) in [6.45, 7) is 2.36. The normalized spacial score (nSPS) is 14.9. The van der Waals surface area contributed by atoms with Gasteiger partial charge in [-0.05, 0) is 31.2 Å². The van der Waals surface area contributed by atoms with Crippen LogP contribution in [0, 0.1) is 0 Å². The van der Waals surface area contributed by atoms with E-state index in [0.29, 0.717) is 17.7 Å². The maximum atomic E-state index is 12.9. The van der Waals surface area contributed by atoms with Crippen LogP contribution in [0.4, 0.5) is 5.00 Å². The van der Waals surface area contributed by atoms with E-state index in [-0.39, 0.29) is 16.1 Å². The lowest BCUT2D eigenvalue weighted by molar-refractivity contribution is 0.0874. The van der Waals surface area contributed by atoms with E-state index in [1.807, 2.05) is 6.92 Å². The number of hydrogen-bond donors (Lipinski definition) is 2. The maximum absolute atomic E-state index is 12.9. The fourth-order valence-electron chi connectivity index (χ4n) is 3.54. The Morgan fingerprint density at radius 1 is 0.806 bits per heavy atom. The summed E-state index contributed by atoms with van der Waals surface area (Å²) in [5.74, 6) is -1.98. The van der Waals surface area contributed by atoms with Crippen LogP contribution in [0.25, 0.3) is 0 Å². The molecule has 4 amide bonds. The van der Waals surface area contributed by atoms with Gasteiger partial charge in [-0.15, -0.1) is 4.18 Å². The molecule has 3 aromatic rings. The third kappa shape index (κ3) is 2.78. The molecule has 2 N–H and O–H groups in total. The van der Waals surface area contributed by atoms with Crippen LogP contribution >= 0.6 is 11.5 Å². The fraction of sp³-hybridized carbons (Fsp3) is 0.100. The van der Waals surface area contributed by atoms with Crippen molar-refractivity contribution in [1.82, 2.24) is 14.2 Å². The number of nitrogens with zero attached hydrogens (tertiary/aromatic N) is 4. The van der Waals surface area contributed by atoms with E-state index in [0.717, 1.165) is 21.4 Å². The summed E-state index contributed by atoms with van der Waals surface area (Å²) in [4.78, 5) is 53.9. The summed E-state index contributed by atoms with van der Waals surface area (Å²) >= 11 is 1.05. The van der Waals surface area contributed by atoms with Crippen molar-refractivity contribution in [3.63, 3.8) is 0 Å². The third-order valence-electron chi connectivity index (χ3n) is 4.92. The van der Waals surface area contributed by atoms with Crippen LogP contribution in [0.1, 0.15) is 48.4 Å². The van der Waals surface area contributed by atoms with Crippen molar-refractivity contribution in [2.24, 2.45) is 0 Å². The number of carbonyl (C=O) groups is 4. The monoisotopic (exact) mass is 436 g/mol. The second-order valence-electron chi connectivity index (χ2n) is 6.77. The molecule has 31 heavy (non-hydrogen) atoms. The Labute approximate surface area is 179 Å². The van der Waals surface area contributed by atoms with E-state index in [1.165, 1.54) is 15.2 Å². The van der Waals surface area contributed by atoms with Crippen LogP contribution in [0.3, 0.4) is 0 Å².